The molecule has 0 aliphatic rings. The van der Waals surface area contributed by atoms with E-state index in [4.69, 9.17) is 5.11 Å². The topological polar surface area (TPSA) is 61.7 Å². The predicted molar refractivity (Wildman–Crippen MR) is 34.0 cm³/mol. The van der Waals surface area contributed by atoms with E-state index < -0.39 is 12.0 Å². The molecule has 0 bridgehead atoms. The van der Waals surface area contributed by atoms with Crippen molar-refractivity contribution in [2.24, 2.45) is 5.10 Å². The van der Waals surface area contributed by atoms with Crippen molar-refractivity contribution in [1.82, 2.24) is 5.43 Å². The van der Waals surface area contributed by atoms with E-state index in [9.17, 15) is 4.79 Å². The summed E-state index contributed by atoms with van der Waals surface area (Å²) >= 11 is 0. The highest BCUT2D eigenvalue weighted by molar-refractivity contribution is 5.80. The van der Waals surface area contributed by atoms with Gasteiger partial charge in [-0.1, -0.05) is 0 Å². The first-order valence-corrected chi connectivity index (χ1v) is 2.64. The fourth-order valence-corrected chi connectivity index (χ4v) is 0.222. The summed E-state index contributed by atoms with van der Waals surface area (Å²) in [4.78, 5) is 10.4. The largest absolute Gasteiger partial charge is 0.383 e. The molecular formula is C5H10N2O2. The second-order valence-electron chi connectivity index (χ2n) is 1.54. The van der Waals surface area contributed by atoms with Crippen LogP contribution in [0.25, 0.3) is 0 Å². The molecule has 0 fully saturated rings. The molecular weight excluding hydrogens is 120 g/mol. The second-order valence-corrected chi connectivity index (χ2v) is 1.54. The number of nitrogens with one attached hydrogen (secondary N) is 1. The molecule has 52 valence electrons. The minimum absolute atomic E-state index is 0.492. The number of nitrogens with zero attached hydrogens (tertiary/aromatic N) is 1. The summed E-state index contributed by atoms with van der Waals surface area (Å²) in [6, 6.07) is 0. The van der Waals surface area contributed by atoms with E-state index in [1.54, 1.807) is 6.92 Å². The van der Waals surface area contributed by atoms with Gasteiger partial charge in [0.1, 0.15) is 6.10 Å². The lowest BCUT2D eigenvalue weighted by Crippen LogP contribution is -2.28. The fraction of sp³-hybridized carbons (Fsp3) is 0.600. The molecule has 1 amide bonds. The molecule has 0 aliphatic heterocycles. The van der Waals surface area contributed by atoms with Gasteiger partial charge in [-0.2, -0.15) is 5.10 Å². The van der Waals surface area contributed by atoms with Crippen molar-refractivity contribution in [3.63, 3.8) is 0 Å². The van der Waals surface area contributed by atoms with Crippen molar-refractivity contribution in [3.8, 4) is 0 Å². The van der Waals surface area contributed by atoms with Crippen LogP contribution in [-0.2, 0) is 4.79 Å². The maximum atomic E-state index is 10.4. The van der Waals surface area contributed by atoms with Gasteiger partial charge in [0.15, 0.2) is 0 Å². The molecule has 0 spiro atoms. The van der Waals surface area contributed by atoms with E-state index >= 15 is 0 Å². The summed E-state index contributed by atoms with van der Waals surface area (Å²) < 4.78 is 0. The van der Waals surface area contributed by atoms with Crippen molar-refractivity contribution in [1.29, 1.82) is 0 Å². The zero-order valence-corrected chi connectivity index (χ0v) is 5.46. The third-order valence-electron chi connectivity index (χ3n) is 0.683. The smallest absolute Gasteiger partial charge is 0.268 e. The molecule has 0 aromatic rings. The Morgan fingerprint density at radius 1 is 1.89 bits per heavy atom. The highest BCUT2D eigenvalue weighted by Crippen LogP contribution is 1.76. The van der Waals surface area contributed by atoms with Gasteiger partial charge in [0, 0.05) is 6.21 Å². The Kier molecular flexibility index (Phi) is 3.62. The van der Waals surface area contributed by atoms with Gasteiger partial charge >= 0.3 is 0 Å². The Labute approximate surface area is 53.6 Å². The Bertz CT molecular complexity index is 120. The highest BCUT2D eigenvalue weighted by Gasteiger charge is 2.04. The van der Waals surface area contributed by atoms with Gasteiger partial charge in [-0.3, -0.25) is 4.79 Å². The first-order valence-electron chi connectivity index (χ1n) is 2.64. The standard InChI is InChI=1S/C5H10N2O2/c1-3-6-7-5(9)4(2)8/h3-4,8H,1-2H3,(H,7,9)/b6-3+. The van der Waals surface area contributed by atoms with Crippen LogP contribution in [0.4, 0.5) is 0 Å². The highest BCUT2D eigenvalue weighted by atomic mass is 16.3. The van der Waals surface area contributed by atoms with Crippen molar-refractivity contribution < 1.29 is 9.90 Å². The molecule has 0 aliphatic carbocycles. The maximum Gasteiger partial charge on any atom is 0.268 e. The van der Waals surface area contributed by atoms with Gasteiger partial charge in [0.25, 0.3) is 5.91 Å². The van der Waals surface area contributed by atoms with Crippen LogP contribution in [0.1, 0.15) is 13.8 Å². The molecule has 2 N–H and O–H groups in total. The summed E-state index contributed by atoms with van der Waals surface area (Å²) in [6.07, 6.45) is 0.439. The first kappa shape index (κ1) is 8.10. The fourth-order valence-electron chi connectivity index (χ4n) is 0.222. The third-order valence-corrected chi connectivity index (χ3v) is 0.683. The van der Waals surface area contributed by atoms with E-state index in [1.807, 2.05) is 0 Å². The molecule has 0 heterocycles. The lowest BCUT2D eigenvalue weighted by atomic mass is 10.4. The number of rotatable bonds is 2. The Morgan fingerprint density at radius 2 is 2.44 bits per heavy atom. The Morgan fingerprint density at radius 3 is 2.78 bits per heavy atom. The van der Waals surface area contributed by atoms with E-state index in [-0.39, 0.29) is 0 Å². The number of carbonyl (C=O) groups is 1. The molecule has 0 aromatic heterocycles. The number of aliphatic hydroxyl groups excluding tert-OH is 1. The SMILES string of the molecule is C/C=N/NC(=O)C(C)O. The molecule has 1 atom stereocenters. The normalized spacial score (nSPS) is 13.7. The molecule has 0 aromatic carbocycles. The molecule has 9 heavy (non-hydrogen) atoms. The van der Waals surface area contributed by atoms with Gasteiger partial charge in [-0.25, -0.2) is 5.43 Å². The average Bonchev–Trinajstić information content (AvgIpc) is 1.82. The molecule has 0 saturated carbocycles. The minimum atomic E-state index is -0.992. The van der Waals surface area contributed by atoms with Gasteiger partial charge in [-0.05, 0) is 13.8 Å². The van der Waals surface area contributed by atoms with Crippen LogP contribution >= 0.6 is 0 Å². The van der Waals surface area contributed by atoms with Crippen molar-refractivity contribution >= 4 is 12.1 Å². The summed E-state index contributed by atoms with van der Waals surface area (Å²) in [5, 5.41) is 12.0. The van der Waals surface area contributed by atoms with Crippen LogP contribution in [0, 0.1) is 0 Å². The molecule has 1 unspecified atom stereocenters. The summed E-state index contributed by atoms with van der Waals surface area (Å²) in [6.45, 7) is 3.04. The minimum Gasteiger partial charge on any atom is -0.383 e. The van der Waals surface area contributed by atoms with Crippen LogP contribution in [-0.4, -0.2) is 23.3 Å². The van der Waals surface area contributed by atoms with Gasteiger partial charge in [0.05, 0.1) is 0 Å². The van der Waals surface area contributed by atoms with Crippen LogP contribution in [0.2, 0.25) is 0 Å². The van der Waals surface area contributed by atoms with E-state index in [0.717, 1.165) is 0 Å². The predicted octanol–water partition coefficient (Wildman–Crippen LogP) is -0.511. The van der Waals surface area contributed by atoms with Gasteiger partial charge in [0.2, 0.25) is 0 Å². The lowest BCUT2D eigenvalue weighted by molar-refractivity contribution is -0.128. The van der Waals surface area contributed by atoms with E-state index in [2.05, 4.69) is 10.5 Å². The van der Waals surface area contributed by atoms with Crippen LogP contribution in [0.3, 0.4) is 0 Å². The second kappa shape index (κ2) is 4.03. The van der Waals surface area contributed by atoms with Crippen molar-refractivity contribution in [3.05, 3.63) is 0 Å². The van der Waals surface area contributed by atoms with Crippen molar-refractivity contribution in [2.45, 2.75) is 20.0 Å². The van der Waals surface area contributed by atoms with Crippen LogP contribution in [0.15, 0.2) is 5.10 Å². The molecule has 0 rings (SSSR count). The Hall–Kier alpha value is -0.900. The maximum absolute atomic E-state index is 10.4. The number of hydrazone groups is 1. The van der Waals surface area contributed by atoms with Gasteiger partial charge in [-0.15, -0.1) is 0 Å². The van der Waals surface area contributed by atoms with Crippen LogP contribution in [0.5, 0.6) is 0 Å². The number of hydrogen-bond acceptors (Lipinski definition) is 3. The lowest BCUT2D eigenvalue weighted by Gasteiger charge is -1.98. The number of carbonyl (C=O) groups excluding carboxylic acids is 1. The summed E-state index contributed by atoms with van der Waals surface area (Å²) in [5.41, 5.74) is 2.11. The zero-order valence-electron chi connectivity index (χ0n) is 5.46. The molecule has 0 saturated heterocycles. The quantitative estimate of drug-likeness (QED) is 0.390. The number of aliphatic hydroxyl groups is 1. The monoisotopic (exact) mass is 130 g/mol. The van der Waals surface area contributed by atoms with E-state index in [0.29, 0.717) is 0 Å². The molecule has 0 radical (unpaired) electrons. The molecule has 4 heteroatoms. The Balaban J connectivity index is 3.51. The number of amides is 1. The first-order chi connectivity index (χ1) is 4.18. The zero-order chi connectivity index (χ0) is 7.28. The third kappa shape index (κ3) is 3.66. The summed E-state index contributed by atoms with van der Waals surface area (Å²) in [5.74, 6) is -0.492. The van der Waals surface area contributed by atoms with Crippen molar-refractivity contribution in [2.75, 3.05) is 0 Å². The summed E-state index contributed by atoms with van der Waals surface area (Å²) in [7, 11) is 0. The van der Waals surface area contributed by atoms with Crippen LogP contribution < -0.4 is 5.43 Å². The van der Waals surface area contributed by atoms with E-state index in [1.165, 1.54) is 13.1 Å². The average molecular weight is 130 g/mol. The number of hydrogen-bond donors (Lipinski definition) is 2. The van der Waals surface area contributed by atoms with Gasteiger partial charge < -0.3 is 5.11 Å². The molecule has 4 nitrogen and oxygen atoms in total.